The monoisotopic (exact) mass is 1030 g/mol. The van der Waals surface area contributed by atoms with E-state index < -0.39 is 36.6 Å². The van der Waals surface area contributed by atoms with Crippen LogP contribution in [0, 0.1) is 160 Å². The molecule has 0 bridgehead atoms. The molecule has 8 atom stereocenters. The zero-order valence-electron chi connectivity index (χ0n) is 43.6. The standard InChI is InChI=1S/C67H67NO6.24H2/c1-6-8-10-12-14-16-18-20-21-22-23-24-25-26-27-28-29-30-32-34-36-38-46-52-65(70)68-62(56-73-67-59(5)57(3)58(4)64(53-69)74-67)66(72-55-61-49-43-40-44-50-61)63(71-54-60-47-41-39-42-48-60)51-45-37-35-33-31-19-17-15-13-11-9-7-2;;;;;;;;;;;;;;;;;;;;;;;;/h39-45,47-51,57-59,62-64,66-67,69H,7,9,11,13,15,17,19,31,33,35,37,53-56H2,1-5H3,(H,68,70);24*1H/t57-,58+,59?,62-,63+,64?,66-,67-;;;;;;;;;;;;;;;;;;;;;;;;/m0......................../s1. The molecule has 2 aromatic rings. The van der Waals surface area contributed by atoms with E-state index in [0.717, 1.165) is 30.4 Å². The molecule has 7 nitrogen and oxygen atoms in total. The van der Waals surface area contributed by atoms with Crippen molar-refractivity contribution in [1.29, 1.82) is 0 Å². The molecule has 1 aliphatic rings. The largest absolute Gasteiger partial charge is 0.394 e. The maximum absolute atomic E-state index is 13.7. The van der Waals surface area contributed by atoms with E-state index in [1.807, 2.05) is 60.7 Å². The van der Waals surface area contributed by atoms with Crippen molar-refractivity contribution in [3.63, 3.8) is 0 Å². The number of nitrogens with one attached hydrogen (secondary N) is 1. The van der Waals surface area contributed by atoms with Crippen LogP contribution >= 0.6 is 0 Å². The summed E-state index contributed by atoms with van der Waals surface area (Å²) < 4.78 is 26.4. The number of hydrogen-bond donors (Lipinski definition) is 2. The van der Waals surface area contributed by atoms with Gasteiger partial charge in [-0.1, -0.05) is 164 Å². The first-order chi connectivity index (χ1) is 36.4. The molecule has 1 aliphatic heterocycles. The predicted octanol–water partition coefficient (Wildman–Crippen LogP) is 15.1. The highest BCUT2D eigenvalue weighted by molar-refractivity contribution is 5.94. The summed E-state index contributed by atoms with van der Waals surface area (Å²) in [5, 5.41) is 13.3. The maximum atomic E-state index is 13.7. The fraction of sp³-hybridized carbons (Fsp3) is 0.418. The summed E-state index contributed by atoms with van der Waals surface area (Å²) in [7, 11) is 0. The minimum Gasteiger partial charge on any atom is -0.394 e. The van der Waals surface area contributed by atoms with E-state index in [2.05, 4.69) is 187 Å². The Morgan fingerprint density at radius 3 is 1.53 bits per heavy atom. The lowest BCUT2D eigenvalue weighted by atomic mass is 9.79. The molecule has 1 fully saturated rings. The van der Waals surface area contributed by atoms with Crippen LogP contribution < -0.4 is 5.32 Å². The Labute approximate surface area is 479 Å². The number of aliphatic hydroxyl groups is 1. The van der Waals surface area contributed by atoms with E-state index >= 15 is 0 Å². The van der Waals surface area contributed by atoms with Crippen molar-refractivity contribution in [2.45, 2.75) is 149 Å². The SMILES string of the molecule is CC#CC#CC#CC#CC#CC#CC#CC#CC#CC#CC#CC#CC(=O)N[C@@H](CO[C@H]1OC(CO)[C@H](C)[C@H](C)C1C)[C@H](OCc1ccccc1)[C@@H](C=CCCCCCCCCCCCC)OCc1ccccc1.[HH].[HH].[HH].[HH].[HH].[HH].[HH].[HH].[HH].[HH].[HH].[HH].[HH].[HH].[HH].[HH].[HH].[HH].[HH].[HH].[HH].[HH].[HH].[HH]. The van der Waals surface area contributed by atoms with Gasteiger partial charge in [-0.3, -0.25) is 4.79 Å². The number of ether oxygens (including phenoxy) is 4. The molecule has 1 saturated heterocycles. The number of amides is 1. The first-order valence-corrected chi connectivity index (χ1v) is 25.5. The van der Waals surface area contributed by atoms with Crippen LogP contribution in [0.3, 0.4) is 0 Å². The molecular weight excluding hydrogens is 915 g/mol. The highest BCUT2D eigenvalue weighted by Gasteiger charge is 2.40. The van der Waals surface area contributed by atoms with Crippen molar-refractivity contribution in [3.05, 3.63) is 83.9 Å². The van der Waals surface area contributed by atoms with Crippen molar-refractivity contribution < 1.29 is 63.1 Å². The van der Waals surface area contributed by atoms with Gasteiger partial charge in [0.05, 0.1) is 38.6 Å². The Hall–Kier alpha value is -7.83. The Morgan fingerprint density at radius 2 is 1.05 bits per heavy atom. The van der Waals surface area contributed by atoms with Gasteiger partial charge in [-0.15, -0.1) is 0 Å². The molecule has 1 heterocycles. The second-order valence-electron chi connectivity index (χ2n) is 17.3. The summed E-state index contributed by atoms with van der Waals surface area (Å²) in [6.45, 7) is 10.7. The zero-order valence-corrected chi connectivity index (χ0v) is 43.6. The predicted molar refractivity (Wildman–Crippen MR) is 346 cm³/mol. The zero-order chi connectivity index (χ0) is 52.9. The van der Waals surface area contributed by atoms with Gasteiger partial charge in [0, 0.05) is 81.6 Å². The van der Waals surface area contributed by atoms with Crippen LogP contribution in [0.2, 0.25) is 0 Å². The second kappa shape index (κ2) is 40.7. The van der Waals surface area contributed by atoms with Crippen LogP contribution in [-0.4, -0.2) is 54.9 Å². The van der Waals surface area contributed by atoms with Gasteiger partial charge in [-0.05, 0) is 137 Å². The van der Waals surface area contributed by atoms with Crippen LogP contribution in [0.1, 0.15) is 151 Å². The number of benzene rings is 2. The summed E-state index contributed by atoms with van der Waals surface area (Å²) in [6, 6.07) is 19.1. The minimum atomic E-state index is -0.765. The highest BCUT2D eigenvalue weighted by Crippen LogP contribution is 2.35. The average Bonchev–Trinajstić information content (AvgIpc) is 3.42. The van der Waals surface area contributed by atoms with E-state index in [1.165, 1.54) is 51.4 Å². The Bertz CT molecular complexity index is 2940. The van der Waals surface area contributed by atoms with E-state index in [1.54, 1.807) is 6.92 Å². The molecule has 2 aromatic carbocycles. The summed E-state index contributed by atoms with van der Waals surface area (Å²) in [6.07, 6.45) is 15.3. The van der Waals surface area contributed by atoms with Crippen molar-refractivity contribution in [2.24, 2.45) is 17.8 Å². The quantitative estimate of drug-likeness (QED) is 0.0585. The van der Waals surface area contributed by atoms with Crippen molar-refractivity contribution in [1.82, 2.24) is 5.32 Å². The summed E-state index contributed by atoms with van der Waals surface area (Å²) >= 11 is 0. The number of carbonyl (C=O) groups excluding carboxylic acids is 1. The summed E-state index contributed by atoms with van der Waals surface area (Å²) in [5.41, 5.74) is 1.95. The fourth-order valence-corrected chi connectivity index (χ4v) is 7.50. The van der Waals surface area contributed by atoms with E-state index in [-0.39, 0.29) is 71.8 Å². The number of hydrogen-bond acceptors (Lipinski definition) is 6. The first-order valence-electron chi connectivity index (χ1n) is 25.5. The number of carbonyl (C=O) groups is 1. The molecule has 0 saturated carbocycles. The minimum absolute atomic E-state index is 0. The van der Waals surface area contributed by atoms with Crippen molar-refractivity contribution in [3.8, 4) is 142 Å². The first kappa shape index (κ1) is 60.5. The van der Waals surface area contributed by atoms with Crippen LogP contribution in [0.15, 0.2) is 72.8 Å². The number of rotatable bonds is 25. The Morgan fingerprint density at radius 1 is 0.608 bits per heavy atom. The number of aliphatic hydroxyl groups excluding tert-OH is 1. The van der Waals surface area contributed by atoms with Crippen LogP contribution in [0.25, 0.3) is 0 Å². The smallest absolute Gasteiger partial charge is 0.297 e. The number of unbranched alkanes of at least 4 members (excludes halogenated alkanes) is 10. The lowest BCUT2D eigenvalue weighted by Gasteiger charge is -2.43. The lowest BCUT2D eigenvalue weighted by Crippen LogP contribution is -2.54. The van der Waals surface area contributed by atoms with Crippen LogP contribution in [0.5, 0.6) is 0 Å². The van der Waals surface area contributed by atoms with Gasteiger partial charge in [-0.25, -0.2) is 0 Å². The van der Waals surface area contributed by atoms with Gasteiger partial charge >= 0.3 is 0 Å². The Balaban J connectivity index is -0.000000120. The van der Waals surface area contributed by atoms with Gasteiger partial charge < -0.3 is 29.4 Å². The van der Waals surface area contributed by atoms with Gasteiger partial charge in [0.1, 0.15) is 12.2 Å². The third-order valence-corrected chi connectivity index (χ3v) is 11.9. The molecule has 7 heteroatoms. The molecule has 3 rings (SSSR count). The fourth-order valence-electron chi connectivity index (χ4n) is 7.50. The molecule has 0 radical (unpaired) electrons. The van der Waals surface area contributed by atoms with E-state index in [0.29, 0.717) is 6.61 Å². The molecule has 74 heavy (non-hydrogen) atoms. The second-order valence-corrected chi connectivity index (χ2v) is 17.3. The third kappa shape index (κ3) is 27.7. The van der Waals surface area contributed by atoms with Gasteiger partial charge in [0.2, 0.25) is 0 Å². The normalized spacial score (nSPS) is 16.6. The topological polar surface area (TPSA) is 86.3 Å². The number of allylic oxidation sites excluding steroid dienone is 1. The molecule has 2 unspecified atom stereocenters. The van der Waals surface area contributed by atoms with Gasteiger partial charge in [-0.2, -0.15) is 0 Å². The Kier molecular flexibility index (Phi) is 33.3. The van der Waals surface area contributed by atoms with Crippen molar-refractivity contribution in [2.75, 3.05) is 13.2 Å². The molecule has 1 amide bonds. The van der Waals surface area contributed by atoms with Crippen molar-refractivity contribution >= 4 is 5.91 Å². The van der Waals surface area contributed by atoms with Gasteiger partial charge in [0.25, 0.3) is 5.91 Å². The van der Waals surface area contributed by atoms with E-state index in [4.69, 9.17) is 18.9 Å². The highest BCUT2D eigenvalue weighted by atomic mass is 16.7. The molecular formula is C67H115NO6. The molecule has 0 aliphatic carbocycles. The molecule has 2 N–H and O–H groups in total. The van der Waals surface area contributed by atoms with Crippen LogP contribution in [-0.2, 0) is 37.0 Å². The third-order valence-electron chi connectivity index (χ3n) is 11.9. The lowest BCUT2D eigenvalue weighted by molar-refractivity contribution is -0.258. The van der Waals surface area contributed by atoms with Gasteiger partial charge in [0.15, 0.2) is 6.29 Å². The average molecular weight is 1030 g/mol. The molecule has 424 valence electrons. The summed E-state index contributed by atoms with van der Waals surface area (Å²) in [5.74, 6) is 61.2. The maximum Gasteiger partial charge on any atom is 0.297 e. The van der Waals surface area contributed by atoms with Crippen LogP contribution in [0.4, 0.5) is 0 Å². The molecule has 0 spiro atoms. The van der Waals surface area contributed by atoms with E-state index in [9.17, 15) is 9.90 Å². The summed E-state index contributed by atoms with van der Waals surface area (Å²) in [4.78, 5) is 13.7. The molecule has 0 aromatic heterocycles.